The molecular weight excluding hydrogens is 360 g/mol. The lowest BCUT2D eigenvalue weighted by Gasteiger charge is -2.11. The fourth-order valence-electron chi connectivity index (χ4n) is 2.55. The maximum atomic E-state index is 12.4. The molecule has 0 amide bonds. The van der Waals surface area contributed by atoms with Gasteiger partial charge in [0.25, 0.3) is 0 Å². The van der Waals surface area contributed by atoms with E-state index in [0.29, 0.717) is 23.4 Å². The lowest BCUT2D eigenvalue weighted by molar-refractivity contribution is 0.391. The summed E-state index contributed by atoms with van der Waals surface area (Å²) in [6.07, 6.45) is 0.438. The first-order valence-electron chi connectivity index (χ1n) is 7.76. The number of H-pyrrole nitrogens is 1. The van der Waals surface area contributed by atoms with Crippen LogP contribution >= 0.6 is 0 Å². The van der Waals surface area contributed by atoms with E-state index >= 15 is 0 Å². The normalized spacial score (nSPS) is 11.6. The van der Waals surface area contributed by atoms with Crippen molar-refractivity contribution < 1.29 is 22.3 Å². The Morgan fingerprint density at radius 1 is 1.12 bits per heavy atom. The van der Waals surface area contributed by atoms with E-state index in [9.17, 15) is 13.2 Å². The number of sulfonamides is 1. The van der Waals surface area contributed by atoms with Gasteiger partial charge in [-0.3, -0.25) is 4.98 Å². The zero-order chi connectivity index (χ0) is 18.7. The van der Waals surface area contributed by atoms with Crippen LogP contribution in [0.15, 0.2) is 50.5 Å². The van der Waals surface area contributed by atoms with Gasteiger partial charge in [0, 0.05) is 18.7 Å². The Labute approximate surface area is 149 Å². The van der Waals surface area contributed by atoms with E-state index in [4.69, 9.17) is 13.9 Å². The minimum Gasteiger partial charge on any atom is -0.497 e. The maximum Gasteiger partial charge on any atom is 0.417 e. The van der Waals surface area contributed by atoms with Crippen LogP contribution in [0.5, 0.6) is 11.5 Å². The van der Waals surface area contributed by atoms with Crippen LogP contribution in [0.1, 0.15) is 5.56 Å². The third-order valence-electron chi connectivity index (χ3n) is 3.88. The number of hydrogen-bond donors (Lipinski definition) is 2. The molecule has 0 saturated carbocycles. The van der Waals surface area contributed by atoms with Crippen LogP contribution < -0.4 is 20.0 Å². The van der Waals surface area contributed by atoms with Crippen LogP contribution in [0.25, 0.3) is 11.1 Å². The van der Waals surface area contributed by atoms with E-state index < -0.39 is 15.8 Å². The molecule has 9 heteroatoms. The lowest BCUT2D eigenvalue weighted by Crippen LogP contribution is -2.26. The molecule has 0 unspecified atom stereocenters. The van der Waals surface area contributed by atoms with Gasteiger partial charge in [0.2, 0.25) is 10.0 Å². The standard InChI is InChI=1S/C17H18N2O6S/c1-23-12-4-3-11(15(9-12)24-2)7-8-18-26(21,22)13-5-6-14-16(10-13)25-17(20)19-14/h3-6,9-10,18H,7-8H2,1-2H3,(H,19,20). The van der Waals surface area contributed by atoms with Crippen molar-refractivity contribution in [3.63, 3.8) is 0 Å². The minimum atomic E-state index is -3.74. The summed E-state index contributed by atoms with van der Waals surface area (Å²) in [5, 5.41) is 0. The highest BCUT2D eigenvalue weighted by Crippen LogP contribution is 2.25. The van der Waals surface area contributed by atoms with Crippen LogP contribution in [0.3, 0.4) is 0 Å². The van der Waals surface area contributed by atoms with E-state index in [1.807, 2.05) is 6.07 Å². The Bertz CT molecular complexity index is 1080. The predicted octanol–water partition coefficient (Wildman–Crippen LogP) is 1.66. The summed E-state index contributed by atoms with van der Waals surface area (Å²) < 4.78 is 42.7. The summed E-state index contributed by atoms with van der Waals surface area (Å²) in [4.78, 5) is 13.7. The topological polar surface area (TPSA) is 111 Å². The maximum absolute atomic E-state index is 12.4. The van der Waals surface area contributed by atoms with E-state index in [1.165, 1.54) is 18.2 Å². The molecule has 0 bridgehead atoms. The molecule has 2 aromatic carbocycles. The molecule has 0 fully saturated rings. The molecule has 8 nitrogen and oxygen atoms in total. The Kier molecular flexibility index (Phi) is 5.01. The molecule has 1 aromatic heterocycles. The Balaban J connectivity index is 1.72. The highest BCUT2D eigenvalue weighted by Gasteiger charge is 2.16. The number of fused-ring (bicyclic) bond motifs is 1. The van der Waals surface area contributed by atoms with Crippen molar-refractivity contribution in [1.82, 2.24) is 9.71 Å². The van der Waals surface area contributed by atoms with E-state index in [0.717, 1.165) is 5.56 Å². The van der Waals surface area contributed by atoms with Crippen LogP contribution in [-0.2, 0) is 16.4 Å². The Morgan fingerprint density at radius 2 is 1.92 bits per heavy atom. The first kappa shape index (κ1) is 18.0. The van der Waals surface area contributed by atoms with E-state index in [-0.39, 0.29) is 17.0 Å². The number of oxazole rings is 1. The summed E-state index contributed by atoms with van der Waals surface area (Å²) >= 11 is 0. The molecule has 0 spiro atoms. The van der Waals surface area contributed by atoms with E-state index in [2.05, 4.69) is 9.71 Å². The van der Waals surface area contributed by atoms with Gasteiger partial charge in [-0.2, -0.15) is 0 Å². The van der Waals surface area contributed by atoms with Crippen LogP contribution in [0, 0.1) is 0 Å². The molecule has 1 heterocycles. The van der Waals surface area contributed by atoms with Gasteiger partial charge in [-0.1, -0.05) is 6.07 Å². The molecule has 138 valence electrons. The molecule has 3 rings (SSSR count). The van der Waals surface area contributed by atoms with Gasteiger partial charge in [0.05, 0.1) is 24.6 Å². The molecule has 2 N–H and O–H groups in total. The zero-order valence-electron chi connectivity index (χ0n) is 14.2. The molecule has 3 aromatic rings. The van der Waals surface area contributed by atoms with Crippen LogP contribution in [0.2, 0.25) is 0 Å². The quantitative estimate of drug-likeness (QED) is 0.647. The van der Waals surface area contributed by atoms with Gasteiger partial charge in [0.15, 0.2) is 5.58 Å². The number of ether oxygens (including phenoxy) is 2. The number of aromatic amines is 1. The highest BCUT2D eigenvalue weighted by atomic mass is 32.2. The van der Waals surface area contributed by atoms with Crippen molar-refractivity contribution in [2.75, 3.05) is 20.8 Å². The molecule has 0 saturated heterocycles. The number of nitrogens with one attached hydrogen (secondary N) is 2. The van der Waals surface area contributed by atoms with Crippen molar-refractivity contribution in [2.24, 2.45) is 0 Å². The first-order chi connectivity index (χ1) is 12.4. The largest absolute Gasteiger partial charge is 0.497 e. The van der Waals surface area contributed by atoms with Gasteiger partial charge in [-0.25, -0.2) is 17.9 Å². The third-order valence-corrected chi connectivity index (χ3v) is 5.34. The average molecular weight is 378 g/mol. The average Bonchev–Trinajstić information content (AvgIpc) is 3.00. The SMILES string of the molecule is COc1ccc(CCNS(=O)(=O)c2ccc3[nH]c(=O)oc3c2)c(OC)c1. The molecule has 0 aliphatic rings. The van der Waals surface area contributed by atoms with E-state index in [1.54, 1.807) is 26.4 Å². The second kappa shape index (κ2) is 7.22. The second-order valence-electron chi connectivity index (χ2n) is 5.50. The van der Waals surface area contributed by atoms with Crippen molar-refractivity contribution >= 4 is 21.1 Å². The molecule has 26 heavy (non-hydrogen) atoms. The number of hydrogen-bond acceptors (Lipinski definition) is 6. The fraction of sp³-hybridized carbons (Fsp3) is 0.235. The Morgan fingerprint density at radius 3 is 2.65 bits per heavy atom. The number of rotatable bonds is 7. The lowest BCUT2D eigenvalue weighted by atomic mass is 10.1. The molecular formula is C17H18N2O6S. The van der Waals surface area contributed by atoms with Gasteiger partial charge < -0.3 is 13.9 Å². The first-order valence-corrected chi connectivity index (χ1v) is 9.25. The number of aromatic nitrogens is 1. The third kappa shape index (κ3) is 3.73. The molecule has 0 radical (unpaired) electrons. The second-order valence-corrected chi connectivity index (χ2v) is 7.26. The molecule has 0 atom stereocenters. The van der Waals surface area contributed by atoms with Crippen molar-refractivity contribution in [2.45, 2.75) is 11.3 Å². The summed E-state index contributed by atoms with van der Waals surface area (Å²) in [6.45, 7) is 0.181. The zero-order valence-corrected chi connectivity index (χ0v) is 15.1. The predicted molar refractivity (Wildman–Crippen MR) is 95.3 cm³/mol. The molecule has 0 aliphatic heterocycles. The minimum absolute atomic E-state index is 0.0226. The summed E-state index contributed by atoms with van der Waals surface area (Å²) in [7, 11) is -0.631. The Hall–Kier alpha value is -2.78. The van der Waals surface area contributed by atoms with Gasteiger partial charge >= 0.3 is 5.76 Å². The van der Waals surface area contributed by atoms with Gasteiger partial charge in [-0.05, 0) is 30.2 Å². The number of benzene rings is 2. The van der Waals surface area contributed by atoms with Crippen LogP contribution in [0.4, 0.5) is 0 Å². The number of methoxy groups -OCH3 is 2. The summed E-state index contributed by atoms with van der Waals surface area (Å²) in [6, 6.07) is 9.56. The van der Waals surface area contributed by atoms with Crippen molar-refractivity contribution in [1.29, 1.82) is 0 Å². The molecule has 0 aliphatic carbocycles. The summed E-state index contributed by atoms with van der Waals surface area (Å²) in [5.41, 5.74) is 1.48. The van der Waals surface area contributed by atoms with Crippen LogP contribution in [-0.4, -0.2) is 34.2 Å². The summed E-state index contributed by atoms with van der Waals surface area (Å²) in [5.74, 6) is 0.653. The smallest absolute Gasteiger partial charge is 0.417 e. The monoisotopic (exact) mass is 378 g/mol. The van der Waals surface area contributed by atoms with Crippen molar-refractivity contribution in [3.8, 4) is 11.5 Å². The van der Waals surface area contributed by atoms with Crippen molar-refractivity contribution in [3.05, 3.63) is 52.5 Å². The fourth-order valence-corrected chi connectivity index (χ4v) is 3.60. The van der Waals surface area contributed by atoms with Gasteiger partial charge in [-0.15, -0.1) is 0 Å². The van der Waals surface area contributed by atoms with Gasteiger partial charge in [0.1, 0.15) is 11.5 Å². The highest BCUT2D eigenvalue weighted by molar-refractivity contribution is 7.89.